The van der Waals surface area contributed by atoms with Crippen molar-refractivity contribution in [3.8, 4) is 0 Å². The predicted octanol–water partition coefficient (Wildman–Crippen LogP) is 4.28. The number of hydrogen-bond donors (Lipinski definition) is 1. The van der Waals surface area contributed by atoms with Gasteiger partial charge in [-0.15, -0.1) is 0 Å². The van der Waals surface area contributed by atoms with E-state index in [1.54, 1.807) is 0 Å². The summed E-state index contributed by atoms with van der Waals surface area (Å²) in [7, 11) is 0. The van der Waals surface area contributed by atoms with Gasteiger partial charge in [-0.1, -0.05) is 25.5 Å². The highest BCUT2D eigenvalue weighted by molar-refractivity contribution is 5.95. The van der Waals surface area contributed by atoms with Crippen molar-refractivity contribution in [1.82, 2.24) is 0 Å². The average molecular weight is 297 g/mol. The first-order valence-corrected chi connectivity index (χ1v) is 6.75. The third-order valence-corrected chi connectivity index (χ3v) is 4.00. The second-order valence-corrected chi connectivity index (χ2v) is 6.28. The van der Waals surface area contributed by atoms with E-state index in [9.17, 15) is 18.0 Å². The molecule has 0 radical (unpaired) electrons. The van der Waals surface area contributed by atoms with Crippen molar-refractivity contribution in [2.24, 2.45) is 17.3 Å². The third kappa shape index (κ3) is 2.82. The van der Waals surface area contributed by atoms with Gasteiger partial charge in [0.25, 0.3) is 0 Å². The van der Waals surface area contributed by atoms with E-state index < -0.39 is 17.5 Å². The van der Waals surface area contributed by atoms with Crippen LogP contribution in [0.4, 0.5) is 18.9 Å². The smallest absolute Gasteiger partial charge is 0.228 e. The van der Waals surface area contributed by atoms with Crippen LogP contribution >= 0.6 is 0 Å². The minimum Gasteiger partial charge on any atom is -0.323 e. The van der Waals surface area contributed by atoms with Crippen molar-refractivity contribution in [1.29, 1.82) is 0 Å². The summed E-state index contributed by atoms with van der Waals surface area (Å²) >= 11 is 0. The molecule has 5 heteroatoms. The number of nitrogens with one attached hydrogen (secondary N) is 1. The van der Waals surface area contributed by atoms with Gasteiger partial charge in [-0.2, -0.15) is 0 Å². The maximum Gasteiger partial charge on any atom is 0.228 e. The lowest BCUT2D eigenvalue weighted by Crippen LogP contribution is -2.18. The highest BCUT2D eigenvalue weighted by Crippen LogP contribution is 2.59. The molecule has 0 aliphatic heterocycles. The normalized spacial score (nSPS) is 22.6. The molecule has 1 fully saturated rings. The minimum absolute atomic E-state index is 0.0656. The van der Waals surface area contributed by atoms with Crippen LogP contribution in [0.3, 0.4) is 0 Å². The fourth-order valence-electron chi connectivity index (χ4n) is 2.68. The summed E-state index contributed by atoms with van der Waals surface area (Å²) in [5.74, 6) is -4.85. The maximum absolute atomic E-state index is 13.6. The first-order chi connectivity index (χ1) is 9.66. The van der Waals surface area contributed by atoms with Crippen LogP contribution in [0, 0.1) is 34.7 Å². The van der Waals surface area contributed by atoms with Crippen molar-refractivity contribution in [3.63, 3.8) is 0 Å². The van der Waals surface area contributed by atoms with Crippen molar-refractivity contribution in [2.75, 3.05) is 5.32 Å². The van der Waals surface area contributed by atoms with E-state index in [0.29, 0.717) is 0 Å². The van der Waals surface area contributed by atoms with Gasteiger partial charge in [-0.3, -0.25) is 4.79 Å². The molecule has 0 aromatic heterocycles. The largest absolute Gasteiger partial charge is 0.323 e. The van der Waals surface area contributed by atoms with Crippen molar-refractivity contribution in [2.45, 2.75) is 27.7 Å². The van der Waals surface area contributed by atoms with Crippen LogP contribution < -0.4 is 5.32 Å². The van der Waals surface area contributed by atoms with Crippen LogP contribution in [0.15, 0.2) is 23.8 Å². The van der Waals surface area contributed by atoms with Crippen LogP contribution in [0.25, 0.3) is 0 Å². The Morgan fingerprint density at radius 2 is 1.81 bits per heavy atom. The molecule has 1 aromatic rings. The molecule has 21 heavy (non-hydrogen) atoms. The van der Waals surface area contributed by atoms with Gasteiger partial charge in [0.2, 0.25) is 5.91 Å². The van der Waals surface area contributed by atoms with Crippen molar-refractivity contribution >= 4 is 11.6 Å². The molecule has 1 amide bonds. The number of benzene rings is 1. The third-order valence-electron chi connectivity index (χ3n) is 4.00. The van der Waals surface area contributed by atoms with E-state index in [4.69, 9.17) is 0 Å². The van der Waals surface area contributed by atoms with Gasteiger partial charge in [0, 0.05) is 0 Å². The first kappa shape index (κ1) is 15.6. The SMILES string of the molecule is CC(C)=C[C@@H]1[C@H](C(=O)Nc2ccc(F)c(F)c2F)C1(C)C. The first-order valence-electron chi connectivity index (χ1n) is 6.75. The summed E-state index contributed by atoms with van der Waals surface area (Å²) in [6.07, 6.45) is 2.01. The Morgan fingerprint density at radius 3 is 2.38 bits per heavy atom. The number of allylic oxidation sites excluding steroid dienone is 2. The monoisotopic (exact) mass is 297 g/mol. The van der Waals surface area contributed by atoms with E-state index >= 15 is 0 Å². The van der Waals surface area contributed by atoms with Crippen LogP contribution in [0.5, 0.6) is 0 Å². The Labute approximate surface area is 122 Å². The molecule has 0 heterocycles. The Bertz CT molecular complexity index is 618. The average Bonchev–Trinajstić information content (AvgIpc) is 2.90. The molecule has 0 saturated heterocycles. The molecule has 1 aliphatic rings. The lowest BCUT2D eigenvalue weighted by Gasteiger charge is -2.08. The summed E-state index contributed by atoms with van der Waals surface area (Å²) < 4.78 is 39.6. The summed E-state index contributed by atoms with van der Waals surface area (Å²) in [6.45, 7) is 7.78. The van der Waals surface area contributed by atoms with E-state index in [-0.39, 0.29) is 28.8 Å². The lowest BCUT2D eigenvalue weighted by atomic mass is 10.1. The molecule has 0 spiro atoms. The molecular weight excluding hydrogens is 279 g/mol. The van der Waals surface area contributed by atoms with E-state index in [2.05, 4.69) is 5.32 Å². The Kier molecular flexibility index (Phi) is 3.87. The lowest BCUT2D eigenvalue weighted by molar-refractivity contribution is -0.118. The van der Waals surface area contributed by atoms with Gasteiger partial charge >= 0.3 is 0 Å². The molecule has 1 saturated carbocycles. The number of halogens is 3. The van der Waals surface area contributed by atoms with Gasteiger partial charge < -0.3 is 5.32 Å². The van der Waals surface area contributed by atoms with Gasteiger partial charge in [-0.25, -0.2) is 13.2 Å². The van der Waals surface area contributed by atoms with Gasteiger partial charge in [-0.05, 0) is 37.3 Å². The maximum atomic E-state index is 13.6. The fourth-order valence-corrected chi connectivity index (χ4v) is 2.68. The molecule has 0 unspecified atom stereocenters. The number of hydrogen-bond acceptors (Lipinski definition) is 1. The van der Waals surface area contributed by atoms with Gasteiger partial charge in [0.15, 0.2) is 17.5 Å². The Morgan fingerprint density at radius 1 is 1.19 bits per heavy atom. The molecule has 0 bridgehead atoms. The van der Waals surface area contributed by atoms with Gasteiger partial charge in [0.05, 0.1) is 11.6 Å². The molecular formula is C16H18F3NO. The molecule has 2 atom stereocenters. The number of rotatable bonds is 3. The van der Waals surface area contributed by atoms with Crippen molar-refractivity contribution in [3.05, 3.63) is 41.2 Å². The molecule has 1 N–H and O–H groups in total. The van der Waals surface area contributed by atoms with Gasteiger partial charge in [0.1, 0.15) is 0 Å². The van der Waals surface area contributed by atoms with Crippen LogP contribution in [0.2, 0.25) is 0 Å². The summed E-state index contributed by atoms with van der Waals surface area (Å²) in [4.78, 5) is 12.2. The number of amides is 1. The second-order valence-electron chi connectivity index (χ2n) is 6.28. The zero-order valence-corrected chi connectivity index (χ0v) is 12.4. The van der Waals surface area contributed by atoms with Crippen molar-refractivity contribution < 1.29 is 18.0 Å². The van der Waals surface area contributed by atoms with Crippen LogP contribution in [-0.2, 0) is 4.79 Å². The van der Waals surface area contributed by atoms with E-state index in [1.807, 2.05) is 33.8 Å². The minimum atomic E-state index is -1.58. The topological polar surface area (TPSA) is 29.1 Å². The summed E-state index contributed by atoms with van der Waals surface area (Å²) in [5, 5.41) is 2.35. The number of carbonyl (C=O) groups is 1. The van der Waals surface area contributed by atoms with Crippen LogP contribution in [0.1, 0.15) is 27.7 Å². The highest BCUT2D eigenvalue weighted by Gasteiger charge is 2.60. The fraction of sp³-hybridized carbons (Fsp3) is 0.438. The van der Waals surface area contributed by atoms with Crippen LogP contribution in [-0.4, -0.2) is 5.91 Å². The Hall–Kier alpha value is -1.78. The summed E-state index contributed by atoms with van der Waals surface area (Å²) in [6, 6.07) is 1.82. The van der Waals surface area contributed by atoms with E-state index in [1.165, 1.54) is 0 Å². The quantitative estimate of drug-likeness (QED) is 0.655. The zero-order chi connectivity index (χ0) is 15.9. The highest BCUT2D eigenvalue weighted by atomic mass is 19.2. The Balaban J connectivity index is 2.17. The molecule has 114 valence electrons. The second kappa shape index (κ2) is 5.20. The molecule has 1 aromatic carbocycles. The molecule has 1 aliphatic carbocycles. The standard InChI is InChI=1S/C16H18F3NO/c1-8(2)7-9-12(16(9,3)4)15(21)20-11-6-5-10(17)13(18)14(11)19/h5-7,9,12H,1-4H3,(H,20,21)/t9-,12-/m1/s1. The zero-order valence-electron chi connectivity index (χ0n) is 12.4. The molecule has 2 rings (SSSR count). The summed E-state index contributed by atoms with van der Waals surface area (Å²) in [5.41, 5.74) is 0.538. The molecule has 2 nitrogen and oxygen atoms in total. The van der Waals surface area contributed by atoms with E-state index in [0.717, 1.165) is 17.7 Å². The predicted molar refractivity (Wildman–Crippen MR) is 75.1 cm³/mol. The number of carbonyl (C=O) groups excluding carboxylic acids is 1. The number of anilines is 1.